The minimum absolute atomic E-state index is 0.166. The van der Waals surface area contributed by atoms with Gasteiger partial charge in [-0.05, 0) is 55.1 Å². The maximum absolute atomic E-state index is 12.1. The third kappa shape index (κ3) is 3.96. The fourth-order valence-electron chi connectivity index (χ4n) is 3.26. The topological polar surface area (TPSA) is 64.6 Å². The van der Waals surface area contributed by atoms with Gasteiger partial charge in [-0.15, -0.1) is 0 Å². The second-order valence-corrected chi connectivity index (χ2v) is 6.66. The molecule has 0 aromatic heterocycles. The second-order valence-electron chi connectivity index (χ2n) is 6.66. The highest BCUT2D eigenvalue weighted by Crippen LogP contribution is 2.57. The maximum atomic E-state index is 12.1. The van der Waals surface area contributed by atoms with Crippen LogP contribution in [0.5, 0.6) is 0 Å². The molecule has 0 radical (unpaired) electrons. The van der Waals surface area contributed by atoms with Crippen LogP contribution in [-0.4, -0.2) is 19.2 Å². The van der Waals surface area contributed by atoms with E-state index in [4.69, 9.17) is 9.47 Å². The molecule has 1 aromatic rings. The van der Waals surface area contributed by atoms with Gasteiger partial charge in [-0.1, -0.05) is 30.3 Å². The highest BCUT2D eigenvalue weighted by atomic mass is 16.6. The van der Waals surface area contributed by atoms with Gasteiger partial charge in [-0.2, -0.15) is 0 Å². The first kappa shape index (κ1) is 16.6. The normalized spacial score (nSPS) is 18.0. The minimum Gasteiger partial charge on any atom is -0.464 e. The molecule has 0 atom stereocenters. The average molecular weight is 329 g/mol. The molecule has 2 aliphatic carbocycles. The number of benzene rings is 1. The highest BCUT2D eigenvalue weighted by Gasteiger charge is 2.44. The first-order valence-corrected chi connectivity index (χ1v) is 8.40. The van der Waals surface area contributed by atoms with E-state index >= 15 is 0 Å². The summed E-state index contributed by atoms with van der Waals surface area (Å²) in [6.45, 7) is 0.166. The fraction of sp³-hybridized carbons (Fsp3) is 0.474. The number of amides is 1. The van der Waals surface area contributed by atoms with Crippen molar-refractivity contribution in [1.29, 1.82) is 0 Å². The van der Waals surface area contributed by atoms with Gasteiger partial charge in [0, 0.05) is 0 Å². The number of carbonyl (C=O) groups is 2. The number of carbonyl (C=O) groups excluding carboxylic acids is 2. The van der Waals surface area contributed by atoms with Crippen molar-refractivity contribution in [3.63, 3.8) is 0 Å². The van der Waals surface area contributed by atoms with Crippen LogP contribution >= 0.6 is 0 Å². The molecule has 3 rings (SSSR count). The molecule has 0 aliphatic heterocycles. The van der Waals surface area contributed by atoms with Crippen molar-refractivity contribution < 1.29 is 19.1 Å². The van der Waals surface area contributed by atoms with E-state index in [1.165, 1.54) is 20.0 Å². The van der Waals surface area contributed by atoms with Gasteiger partial charge in [0.2, 0.25) is 0 Å². The third-order valence-electron chi connectivity index (χ3n) is 5.05. The fourth-order valence-corrected chi connectivity index (χ4v) is 3.26. The summed E-state index contributed by atoms with van der Waals surface area (Å²) >= 11 is 0. The zero-order valence-corrected chi connectivity index (χ0v) is 14.0. The molecule has 24 heavy (non-hydrogen) atoms. The number of nitrogens with one attached hydrogen (secondary N) is 1. The van der Waals surface area contributed by atoms with Gasteiger partial charge >= 0.3 is 12.1 Å². The lowest BCUT2D eigenvalue weighted by atomic mass is 9.82. The first-order valence-electron chi connectivity index (χ1n) is 8.40. The van der Waals surface area contributed by atoms with Gasteiger partial charge in [0.1, 0.15) is 12.3 Å². The van der Waals surface area contributed by atoms with Crippen molar-refractivity contribution in [3.05, 3.63) is 47.2 Å². The molecule has 0 saturated heterocycles. The highest BCUT2D eigenvalue weighted by molar-refractivity contribution is 5.93. The number of methoxy groups -OCH3 is 1. The Balaban J connectivity index is 1.61. The molecular formula is C19H23NO4. The third-order valence-corrected chi connectivity index (χ3v) is 5.05. The quantitative estimate of drug-likeness (QED) is 0.676. The van der Waals surface area contributed by atoms with Gasteiger partial charge in [0.15, 0.2) is 0 Å². The van der Waals surface area contributed by atoms with Crippen LogP contribution in [-0.2, 0) is 20.9 Å². The van der Waals surface area contributed by atoms with Crippen LogP contribution in [0.2, 0.25) is 0 Å². The van der Waals surface area contributed by atoms with Crippen molar-refractivity contribution in [2.24, 2.45) is 5.41 Å². The van der Waals surface area contributed by atoms with Gasteiger partial charge in [-0.3, -0.25) is 5.32 Å². The molecule has 5 nitrogen and oxygen atoms in total. The van der Waals surface area contributed by atoms with Crippen molar-refractivity contribution >= 4 is 12.1 Å². The van der Waals surface area contributed by atoms with Crippen LogP contribution in [0.3, 0.4) is 0 Å². The summed E-state index contributed by atoms with van der Waals surface area (Å²) in [6.07, 6.45) is 5.80. The minimum atomic E-state index is -0.626. The molecule has 1 amide bonds. The molecule has 0 bridgehead atoms. The Bertz CT molecular complexity index is 635. The zero-order valence-electron chi connectivity index (χ0n) is 14.0. The lowest BCUT2D eigenvalue weighted by molar-refractivity contribution is -0.136. The van der Waals surface area contributed by atoms with E-state index in [9.17, 15) is 9.59 Å². The molecule has 2 fully saturated rings. The predicted octanol–water partition coefficient (Wildman–Crippen LogP) is 3.69. The van der Waals surface area contributed by atoms with Gasteiger partial charge in [0.05, 0.1) is 7.11 Å². The van der Waals surface area contributed by atoms with Gasteiger partial charge in [-0.25, -0.2) is 9.59 Å². The molecule has 0 heterocycles. The summed E-state index contributed by atoms with van der Waals surface area (Å²) in [5.41, 5.74) is 2.63. The first-order chi connectivity index (χ1) is 11.6. The van der Waals surface area contributed by atoms with Crippen LogP contribution in [0.4, 0.5) is 4.79 Å². The van der Waals surface area contributed by atoms with Crippen LogP contribution in [0.25, 0.3) is 0 Å². The van der Waals surface area contributed by atoms with E-state index in [2.05, 4.69) is 5.32 Å². The summed E-state index contributed by atoms with van der Waals surface area (Å²) in [5.74, 6) is -0.506. The van der Waals surface area contributed by atoms with E-state index in [0.29, 0.717) is 5.41 Å². The lowest BCUT2D eigenvalue weighted by Gasteiger charge is -2.25. The monoisotopic (exact) mass is 329 g/mol. The molecule has 5 heteroatoms. The second kappa shape index (κ2) is 7.07. The molecule has 2 saturated carbocycles. The van der Waals surface area contributed by atoms with Gasteiger partial charge in [0.25, 0.3) is 0 Å². The number of hydrogen-bond donors (Lipinski definition) is 1. The van der Waals surface area contributed by atoms with E-state index in [-0.39, 0.29) is 12.3 Å². The lowest BCUT2D eigenvalue weighted by Crippen LogP contribution is -2.31. The number of allylic oxidation sites excluding steroid dienone is 1. The number of alkyl carbamates (subject to hydrolysis) is 1. The van der Waals surface area contributed by atoms with E-state index in [1.54, 1.807) is 0 Å². The van der Waals surface area contributed by atoms with Crippen molar-refractivity contribution in [2.75, 3.05) is 7.11 Å². The summed E-state index contributed by atoms with van der Waals surface area (Å²) in [7, 11) is 1.32. The molecule has 1 N–H and O–H groups in total. The molecular weight excluding hydrogens is 306 g/mol. The Morgan fingerprint density at radius 1 is 1.08 bits per heavy atom. The van der Waals surface area contributed by atoms with Crippen molar-refractivity contribution in [1.82, 2.24) is 5.32 Å². The van der Waals surface area contributed by atoms with Crippen molar-refractivity contribution in [3.8, 4) is 0 Å². The molecule has 0 unspecified atom stereocenters. The number of ether oxygens (including phenoxy) is 2. The SMILES string of the molecule is COC(=O)C(NC(=O)OCc1ccccc1)=C1CCC2(CC1)CC2. The van der Waals surface area contributed by atoms with E-state index in [1.807, 2.05) is 30.3 Å². The average Bonchev–Trinajstić information content (AvgIpc) is 3.38. The Labute approximate surface area is 142 Å². The van der Waals surface area contributed by atoms with Crippen LogP contribution in [0, 0.1) is 5.41 Å². The number of rotatable bonds is 4. The molecule has 2 aliphatic rings. The Kier molecular flexibility index (Phi) is 4.88. The summed E-state index contributed by atoms with van der Waals surface area (Å²) in [5, 5.41) is 2.60. The summed E-state index contributed by atoms with van der Waals surface area (Å²) in [4.78, 5) is 24.1. The standard InChI is InChI=1S/C19H23NO4/c1-23-17(21)16(15-7-9-19(10-8-15)11-12-19)20-18(22)24-13-14-5-3-2-4-6-14/h2-6H,7-13H2,1H3,(H,20,22). The predicted molar refractivity (Wildman–Crippen MR) is 88.9 cm³/mol. The Morgan fingerprint density at radius 2 is 1.75 bits per heavy atom. The number of hydrogen-bond acceptors (Lipinski definition) is 4. The van der Waals surface area contributed by atoms with Crippen molar-refractivity contribution in [2.45, 2.75) is 45.1 Å². The van der Waals surface area contributed by atoms with Crippen LogP contribution < -0.4 is 5.32 Å². The molecule has 1 spiro atoms. The number of esters is 1. The maximum Gasteiger partial charge on any atom is 0.412 e. The van der Waals surface area contributed by atoms with E-state index < -0.39 is 12.1 Å². The Morgan fingerprint density at radius 3 is 2.33 bits per heavy atom. The molecule has 128 valence electrons. The van der Waals surface area contributed by atoms with Gasteiger partial charge < -0.3 is 9.47 Å². The zero-order chi connectivity index (χ0) is 17.0. The summed E-state index contributed by atoms with van der Waals surface area (Å²) < 4.78 is 10.0. The largest absolute Gasteiger partial charge is 0.464 e. The Hall–Kier alpha value is -2.30. The van der Waals surface area contributed by atoms with Crippen LogP contribution in [0.1, 0.15) is 44.1 Å². The molecule has 1 aromatic carbocycles. The van der Waals surface area contributed by atoms with E-state index in [0.717, 1.165) is 36.8 Å². The van der Waals surface area contributed by atoms with Crippen LogP contribution in [0.15, 0.2) is 41.6 Å². The summed E-state index contributed by atoms with van der Waals surface area (Å²) in [6, 6.07) is 9.42. The smallest absolute Gasteiger partial charge is 0.412 e.